The molecule has 0 radical (unpaired) electrons. The van der Waals surface area contributed by atoms with E-state index in [4.69, 9.17) is 4.42 Å². The summed E-state index contributed by atoms with van der Waals surface area (Å²) < 4.78 is 5.98. The normalized spacial score (nSPS) is 15.9. The minimum atomic E-state index is -0.469. The molecule has 1 aromatic carbocycles. The molecule has 0 atom stereocenters. The Bertz CT molecular complexity index is 848. The Morgan fingerprint density at radius 1 is 1.28 bits per heavy atom. The molecule has 2 heterocycles. The molecular weight excluding hydrogens is 408 g/mol. The van der Waals surface area contributed by atoms with Crippen molar-refractivity contribution in [2.75, 3.05) is 6.54 Å². The Labute approximate surface area is 156 Å². The Morgan fingerprint density at radius 3 is 2.84 bits per heavy atom. The smallest absolute Gasteiger partial charge is 0.294 e. The first-order valence-corrected chi connectivity index (χ1v) is 8.94. The molecule has 0 spiro atoms. The van der Waals surface area contributed by atoms with Crippen molar-refractivity contribution in [3.05, 3.63) is 63.4 Å². The van der Waals surface area contributed by atoms with Crippen LogP contribution in [0.3, 0.4) is 0 Å². The van der Waals surface area contributed by atoms with Gasteiger partial charge >= 0.3 is 0 Å². The molecule has 1 fully saturated rings. The van der Waals surface area contributed by atoms with Crippen LogP contribution in [0.2, 0.25) is 0 Å². The average molecular weight is 421 g/mol. The monoisotopic (exact) mass is 420 g/mol. The number of amides is 3. The maximum atomic E-state index is 12.4. The molecule has 1 aromatic heterocycles. The highest BCUT2D eigenvalue weighted by Gasteiger charge is 2.36. The molecule has 1 N–H and O–H groups in total. The van der Waals surface area contributed by atoms with Crippen LogP contribution in [0.5, 0.6) is 0 Å². The first-order valence-electron chi connectivity index (χ1n) is 7.33. The van der Waals surface area contributed by atoms with Crippen molar-refractivity contribution in [2.45, 2.75) is 6.54 Å². The number of benzene rings is 1. The van der Waals surface area contributed by atoms with Gasteiger partial charge in [0.1, 0.15) is 12.3 Å². The number of nitrogens with zero attached hydrogens (tertiary/aromatic N) is 1. The van der Waals surface area contributed by atoms with Crippen LogP contribution in [-0.2, 0) is 16.1 Å². The highest BCUT2D eigenvalue weighted by atomic mass is 79.9. The lowest BCUT2D eigenvalue weighted by atomic mass is 10.2. The van der Waals surface area contributed by atoms with Crippen molar-refractivity contribution >= 4 is 50.8 Å². The second kappa shape index (κ2) is 7.71. The molecule has 3 rings (SSSR count). The molecule has 1 saturated heterocycles. The van der Waals surface area contributed by atoms with Gasteiger partial charge in [0.15, 0.2) is 0 Å². The van der Waals surface area contributed by atoms with E-state index < -0.39 is 17.1 Å². The predicted octanol–water partition coefficient (Wildman–Crippen LogP) is 3.39. The molecule has 8 heteroatoms. The van der Waals surface area contributed by atoms with Gasteiger partial charge in [0.05, 0.1) is 17.7 Å². The summed E-state index contributed by atoms with van der Waals surface area (Å²) in [6.45, 7) is -0.114. The number of halogens is 1. The quantitative estimate of drug-likeness (QED) is 0.749. The van der Waals surface area contributed by atoms with Crippen molar-refractivity contribution in [3.8, 4) is 0 Å². The number of hydrogen-bond donors (Lipinski definition) is 1. The number of furan rings is 1. The fourth-order valence-corrected chi connectivity index (χ4v) is 3.44. The molecule has 25 heavy (non-hydrogen) atoms. The van der Waals surface area contributed by atoms with E-state index in [2.05, 4.69) is 21.2 Å². The number of thioether (sulfide) groups is 1. The number of nitrogens with one attached hydrogen (secondary N) is 1. The largest absolute Gasteiger partial charge is 0.467 e. The molecule has 2 aromatic rings. The van der Waals surface area contributed by atoms with Crippen LogP contribution in [-0.4, -0.2) is 28.5 Å². The third kappa shape index (κ3) is 4.40. The molecule has 0 unspecified atom stereocenters. The number of hydrogen-bond acceptors (Lipinski definition) is 5. The SMILES string of the molecule is O=C(CN1C(=O)S/C(=C\c2cccc(Br)c2)C1=O)NCc1ccco1. The summed E-state index contributed by atoms with van der Waals surface area (Å²) >= 11 is 4.18. The summed E-state index contributed by atoms with van der Waals surface area (Å²) in [4.78, 5) is 37.6. The van der Waals surface area contributed by atoms with Crippen molar-refractivity contribution in [1.29, 1.82) is 0 Å². The van der Waals surface area contributed by atoms with E-state index in [1.807, 2.05) is 24.3 Å². The lowest BCUT2D eigenvalue weighted by molar-refractivity contribution is -0.129. The zero-order valence-electron chi connectivity index (χ0n) is 12.9. The van der Waals surface area contributed by atoms with Crippen LogP contribution < -0.4 is 5.32 Å². The molecular formula is C17H13BrN2O4S. The molecule has 0 bridgehead atoms. The van der Waals surface area contributed by atoms with Crippen LogP contribution in [0.1, 0.15) is 11.3 Å². The minimum Gasteiger partial charge on any atom is -0.467 e. The maximum Gasteiger partial charge on any atom is 0.294 e. The summed E-state index contributed by atoms with van der Waals surface area (Å²) in [6.07, 6.45) is 3.14. The highest BCUT2D eigenvalue weighted by Crippen LogP contribution is 2.32. The Morgan fingerprint density at radius 2 is 2.12 bits per heavy atom. The summed E-state index contributed by atoms with van der Waals surface area (Å²) in [7, 11) is 0. The van der Waals surface area contributed by atoms with E-state index in [1.165, 1.54) is 6.26 Å². The second-order valence-electron chi connectivity index (χ2n) is 5.18. The van der Waals surface area contributed by atoms with Gasteiger partial charge < -0.3 is 9.73 Å². The van der Waals surface area contributed by atoms with Crippen molar-refractivity contribution in [2.24, 2.45) is 0 Å². The second-order valence-corrected chi connectivity index (χ2v) is 7.09. The van der Waals surface area contributed by atoms with Crippen LogP contribution in [0, 0.1) is 0 Å². The van der Waals surface area contributed by atoms with Gasteiger partial charge in [0.2, 0.25) is 5.91 Å². The van der Waals surface area contributed by atoms with E-state index in [-0.39, 0.29) is 13.1 Å². The van der Waals surface area contributed by atoms with Gasteiger partial charge in [-0.1, -0.05) is 28.1 Å². The zero-order valence-corrected chi connectivity index (χ0v) is 15.3. The zero-order chi connectivity index (χ0) is 17.8. The predicted molar refractivity (Wildman–Crippen MR) is 97.4 cm³/mol. The van der Waals surface area contributed by atoms with E-state index >= 15 is 0 Å². The lowest BCUT2D eigenvalue weighted by Gasteiger charge is -2.11. The Kier molecular flexibility index (Phi) is 5.40. The molecule has 0 aliphatic carbocycles. The van der Waals surface area contributed by atoms with Crippen molar-refractivity contribution in [3.63, 3.8) is 0 Å². The molecule has 0 saturated carbocycles. The fraction of sp³-hybridized carbons (Fsp3) is 0.118. The van der Waals surface area contributed by atoms with E-state index in [0.717, 1.165) is 26.7 Å². The lowest BCUT2D eigenvalue weighted by Crippen LogP contribution is -2.39. The average Bonchev–Trinajstić information content (AvgIpc) is 3.17. The van der Waals surface area contributed by atoms with Crippen LogP contribution >= 0.6 is 27.7 Å². The Hall–Kier alpha value is -2.32. The first-order chi connectivity index (χ1) is 12.0. The van der Waals surface area contributed by atoms with Crippen molar-refractivity contribution < 1.29 is 18.8 Å². The highest BCUT2D eigenvalue weighted by molar-refractivity contribution is 9.10. The number of carbonyl (C=O) groups excluding carboxylic acids is 3. The van der Waals surface area contributed by atoms with E-state index in [1.54, 1.807) is 18.2 Å². The van der Waals surface area contributed by atoms with Gasteiger partial charge in [-0.15, -0.1) is 0 Å². The third-order valence-corrected chi connectivity index (χ3v) is 4.76. The molecule has 6 nitrogen and oxygen atoms in total. The first kappa shape index (κ1) is 17.5. The van der Waals surface area contributed by atoms with E-state index in [9.17, 15) is 14.4 Å². The topological polar surface area (TPSA) is 79.6 Å². The molecule has 128 valence electrons. The fourth-order valence-electron chi connectivity index (χ4n) is 2.18. The van der Waals surface area contributed by atoms with Crippen LogP contribution in [0.4, 0.5) is 4.79 Å². The van der Waals surface area contributed by atoms with Gasteiger partial charge in [-0.3, -0.25) is 19.3 Å². The summed E-state index contributed by atoms with van der Waals surface area (Å²) in [5.74, 6) is -0.303. The van der Waals surface area contributed by atoms with Gasteiger partial charge in [-0.2, -0.15) is 0 Å². The van der Waals surface area contributed by atoms with Gasteiger partial charge in [-0.25, -0.2) is 0 Å². The third-order valence-electron chi connectivity index (χ3n) is 3.36. The summed E-state index contributed by atoms with van der Waals surface area (Å²) in [6, 6.07) is 10.8. The van der Waals surface area contributed by atoms with Gasteiger partial charge in [-0.05, 0) is 47.7 Å². The number of rotatable bonds is 5. The van der Waals surface area contributed by atoms with Crippen molar-refractivity contribution in [1.82, 2.24) is 10.2 Å². The summed E-state index contributed by atoms with van der Waals surface area (Å²) in [5, 5.41) is 2.15. The minimum absolute atomic E-state index is 0.204. The van der Waals surface area contributed by atoms with Gasteiger partial charge in [0.25, 0.3) is 11.1 Å². The summed E-state index contributed by atoms with van der Waals surface area (Å²) in [5.41, 5.74) is 0.794. The standard InChI is InChI=1S/C17H13BrN2O4S/c18-12-4-1-3-11(7-12)8-14-16(22)20(17(23)25-14)10-15(21)19-9-13-5-2-6-24-13/h1-8H,9-10H2,(H,19,21)/b14-8-. The maximum absolute atomic E-state index is 12.4. The van der Waals surface area contributed by atoms with Gasteiger partial charge in [0, 0.05) is 4.47 Å². The molecule has 3 amide bonds. The number of carbonyl (C=O) groups is 3. The Balaban J connectivity index is 1.64. The van der Waals surface area contributed by atoms with E-state index in [0.29, 0.717) is 10.7 Å². The molecule has 1 aliphatic heterocycles. The van der Waals surface area contributed by atoms with Crippen LogP contribution in [0.15, 0.2) is 56.5 Å². The molecule has 1 aliphatic rings. The number of imide groups is 1. The van der Waals surface area contributed by atoms with Crippen LogP contribution in [0.25, 0.3) is 6.08 Å².